The second kappa shape index (κ2) is 10.8. The minimum atomic E-state index is -3.84. The number of ether oxygens (including phenoxy) is 1. The molecule has 34 heavy (non-hydrogen) atoms. The molecule has 3 aromatic carbocycles. The van der Waals surface area contributed by atoms with E-state index in [1.807, 2.05) is 6.92 Å². The molecule has 0 radical (unpaired) electrons. The van der Waals surface area contributed by atoms with E-state index in [-0.39, 0.29) is 21.8 Å². The zero-order chi connectivity index (χ0) is 24.7. The number of nitrogens with one attached hydrogen (secondary N) is 3. The maximum Gasteiger partial charge on any atom is 0.261 e. The van der Waals surface area contributed by atoms with Gasteiger partial charge in [-0.2, -0.15) is 0 Å². The number of rotatable bonds is 9. The van der Waals surface area contributed by atoms with Gasteiger partial charge in [0.15, 0.2) is 11.6 Å². The zero-order valence-electron chi connectivity index (χ0n) is 18.0. The third kappa shape index (κ3) is 6.51. The van der Waals surface area contributed by atoms with Gasteiger partial charge in [0, 0.05) is 23.0 Å². The van der Waals surface area contributed by atoms with E-state index in [1.54, 1.807) is 12.1 Å². The Balaban J connectivity index is 1.55. The summed E-state index contributed by atoms with van der Waals surface area (Å²) in [6.07, 6.45) is 0. The highest BCUT2D eigenvalue weighted by Gasteiger charge is 2.15. The molecule has 0 aliphatic heterocycles. The number of benzene rings is 3. The summed E-state index contributed by atoms with van der Waals surface area (Å²) >= 11 is 0. The quantitative estimate of drug-likeness (QED) is 0.426. The van der Waals surface area contributed by atoms with E-state index in [2.05, 4.69) is 15.4 Å². The van der Waals surface area contributed by atoms with Crippen molar-refractivity contribution in [1.29, 1.82) is 0 Å². The molecule has 3 rings (SSSR count). The van der Waals surface area contributed by atoms with Crippen LogP contribution >= 0.6 is 0 Å². The number of carbonyl (C=O) groups is 2. The van der Waals surface area contributed by atoms with Crippen molar-refractivity contribution in [3.8, 4) is 5.75 Å². The second-order valence-electron chi connectivity index (χ2n) is 6.95. The van der Waals surface area contributed by atoms with E-state index in [0.29, 0.717) is 12.4 Å². The van der Waals surface area contributed by atoms with Crippen LogP contribution in [0.5, 0.6) is 5.75 Å². The molecule has 3 aromatic rings. The van der Waals surface area contributed by atoms with Gasteiger partial charge in [-0.3, -0.25) is 14.3 Å². The second-order valence-corrected chi connectivity index (χ2v) is 8.63. The molecule has 0 heterocycles. The van der Waals surface area contributed by atoms with Crippen molar-refractivity contribution in [2.24, 2.45) is 0 Å². The van der Waals surface area contributed by atoms with Gasteiger partial charge in [0.05, 0.1) is 18.0 Å². The topological polar surface area (TPSA) is 114 Å². The Labute approximate surface area is 195 Å². The molecule has 0 spiro atoms. The van der Waals surface area contributed by atoms with Gasteiger partial charge in [-0.25, -0.2) is 17.2 Å². The average Bonchev–Trinajstić information content (AvgIpc) is 2.81. The molecule has 178 valence electrons. The molecule has 0 bridgehead atoms. The third-order valence-electron chi connectivity index (χ3n) is 4.46. The summed E-state index contributed by atoms with van der Waals surface area (Å²) in [6.45, 7) is 1.87. The standard InChI is InChI=1S/C23H21F2N3O5S/c1-2-33-18-8-10-19(11-9-18)34(31,32)28-16-5-3-15(4-6-16)23(30)26-14-22(29)27-17-7-12-20(24)21(25)13-17/h3-13,28H,2,14H2,1H3,(H,26,30)(H,27,29). The lowest BCUT2D eigenvalue weighted by Crippen LogP contribution is -2.32. The Morgan fingerprint density at radius 2 is 1.53 bits per heavy atom. The molecule has 0 aliphatic carbocycles. The highest BCUT2D eigenvalue weighted by atomic mass is 32.2. The first kappa shape index (κ1) is 24.6. The Kier molecular flexibility index (Phi) is 7.79. The van der Waals surface area contributed by atoms with Crippen LogP contribution in [0.2, 0.25) is 0 Å². The van der Waals surface area contributed by atoms with Gasteiger partial charge in [-0.05, 0) is 67.6 Å². The first-order valence-electron chi connectivity index (χ1n) is 10.1. The molecule has 0 saturated carbocycles. The highest BCUT2D eigenvalue weighted by Crippen LogP contribution is 2.20. The van der Waals surface area contributed by atoms with E-state index < -0.39 is 40.0 Å². The predicted octanol–water partition coefficient (Wildman–Crippen LogP) is 3.53. The minimum absolute atomic E-state index is 0.0438. The van der Waals surface area contributed by atoms with Gasteiger partial charge in [0.1, 0.15) is 5.75 Å². The average molecular weight is 490 g/mol. The molecule has 11 heteroatoms. The third-order valence-corrected chi connectivity index (χ3v) is 5.85. The van der Waals surface area contributed by atoms with E-state index in [1.165, 1.54) is 42.5 Å². The highest BCUT2D eigenvalue weighted by molar-refractivity contribution is 7.92. The van der Waals surface area contributed by atoms with Gasteiger partial charge >= 0.3 is 0 Å². The lowest BCUT2D eigenvalue weighted by Gasteiger charge is -2.10. The summed E-state index contributed by atoms with van der Waals surface area (Å²) in [5.74, 6) is -2.83. The van der Waals surface area contributed by atoms with E-state index in [0.717, 1.165) is 12.1 Å². The fraction of sp³-hybridized carbons (Fsp3) is 0.130. The first-order chi connectivity index (χ1) is 16.2. The molecule has 0 aliphatic rings. The molecule has 8 nitrogen and oxygen atoms in total. The van der Waals surface area contributed by atoms with Crippen LogP contribution in [0.25, 0.3) is 0 Å². The van der Waals surface area contributed by atoms with Crippen LogP contribution in [0.1, 0.15) is 17.3 Å². The fourth-order valence-electron chi connectivity index (χ4n) is 2.83. The van der Waals surface area contributed by atoms with Gasteiger partial charge < -0.3 is 15.4 Å². The summed E-state index contributed by atoms with van der Waals surface area (Å²) in [5.41, 5.74) is 0.466. The van der Waals surface area contributed by atoms with Gasteiger partial charge in [0.2, 0.25) is 5.91 Å². The molecular formula is C23H21F2N3O5S. The monoisotopic (exact) mass is 489 g/mol. The summed E-state index contributed by atoms with van der Waals surface area (Å²) < 4.78 is 58.9. The summed E-state index contributed by atoms with van der Waals surface area (Å²) in [7, 11) is -3.84. The van der Waals surface area contributed by atoms with E-state index >= 15 is 0 Å². The number of hydrogen-bond acceptors (Lipinski definition) is 5. The van der Waals surface area contributed by atoms with Crippen LogP contribution in [-0.2, 0) is 14.8 Å². The van der Waals surface area contributed by atoms with Crippen LogP contribution in [0, 0.1) is 11.6 Å². The predicted molar refractivity (Wildman–Crippen MR) is 122 cm³/mol. The van der Waals surface area contributed by atoms with E-state index in [4.69, 9.17) is 4.74 Å². The molecule has 0 unspecified atom stereocenters. The maximum atomic E-state index is 13.2. The lowest BCUT2D eigenvalue weighted by molar-refractivity contribution is -0.115. The molecular weight excluding hydrogens is 468 g/mol. The van der Waals surface area contributed by atoms with Crippen molar-refractivity contribution in [2.45, 2.75) is 11.8 Å². The molecule has 0 aromatic heterocycles. The van der Waals surface area contributed by atoms with Crippen molar-refractivity contribution in [1.82, 2.24) is 5.32 Å². The summed E-state index contributed by atoms with van der Waals surface area (Å²) in [4.78, 5) is 24.2. The van der Waals surface area contributed by atoms with Gasteiger partial charge in [0.25, 0.3) is 15.9 Å². The van der Waals surface area contributed by atoms with Crippen molar-refractivity contribution in [2.75, 3.05) is 23.2 Å². The zero-order valence-corrected chi connectivity index (χ0v) is 18.8. The van der Waals surface area contributed by atoms with Gasteiger partial charge in [-0.15, -0.1) is 0 Å². The SMILES string of the molecule is CCOc1ccc(S(=O)(=O)Nc2ccc(C(=O)NCC(=O)Nc3ccc(F)c(F)c3)cc2)cc1. The van der Waals surface area contributed by atoms with Crippen molar-refractivity contribution in [3.63, 3.8) is 0 Å². The smallest absolute Gasteiger partial charge is 0.261 e. The molecule has 2 amide bonds. The largest absolute Gasteiger partial charge is 0.494 e. The van der Waals surface area contributed by atoms with Crippen molar-refractivity contribution in [3.05, 3.63) is 83.9 Å². The lowest BCUT2D eigenvalue weighted by atomic mass is 10.2. The minimum Gasteiger partial charge on any atom is -0.494 e. The van der Waals surface area contributed by atoms with Gasteiger partial charge in [-0.1, -0.05) is 0 Å². The molecule has 0 fully saturated rings. The normalized spacial score (nSPS) is 10.9. The molecule has 0 saturated heterocycles. The van der Waals surface area contributed by atoms with Crippen molar-refractivity contribution < 1.29 is 31.5 Å². The number of amides is 2. The van der Waals surface area contributed by atoms with Crippen LogP contribution in [0.3, 0.4) is 0 Å². The first-order valence-corrected chi connectivity index (χ1v) is 11.5. The Hall–Kier alpha value is -3.99. The fourth-order valence-corrected chi connectivity index (χ4v) is 3.89. The Bertz CT molecular complexity index is 1280. The maximum absolute atomic E-state index is 13.2. The summed E-state index contributed by atoms with van der Waals surface area (Å²) in [5, 5.41) is 4.72. The molecule has 3 N–H and O–H groups in total. The number of carbonyl (C=O) groups excluding carboxylic acids is 2. The molecule has 0 atom stereocenters. The number of halogens is 2. The summed E-state index contributed by atoms with van der Waals surface area (Å²) in [6, 6.07) is 14.4. The van der Waals surface area contributed by atoms with Crippen LogP contribution in [-0.4, -0.2) is 33.4 Å². The number of sulfonamides is 1. The van der Waals surface area contributed by atoms with Crippen LogP contribution in [0.4, 0.5) is 20.2 Å². The van der Waals surface area contributed by atoms with E-state index in [9.17, 15) is 26.8 Å². The van der Waals surface area contributed by atoms with Crippen LogP contribution < -0.4 is 20.1 Å². The van der Waals surface area contributed by atoms with Crippen LogP contribution in [0.15, 0.2) is 71.6 Å². The number of anilines is 2. The number of hydrogen-bond donors (Lipinski definition) is 3. The Morgan fingerprint density at radius 1 is 0.882 bits per heavy atom. The Morgan fingerprint density at radius 3 is 2.15 bits per heavy atom. The van der Waals surface area contributed by atoms with Crippen molar-refractivity contribution >= 4 is 33.2 Å².